The predicted molar refractivity (Wildman–Crippen MR) is 84.8 cm³/mol. The average Bonchev–Trinajstić information content (AvgIpc) is 3.21. The summed E-state index contributed by atoms with van der Waals surface area (Å²) in [5, 5.41) is 0. The van der Waals surface area contributed by atoms with E-state index in [2.05, 4.69) is 9.88 Å². The van der Waals surface area contributed by atoms with Gasteiger partial charge >= 0.3 is 0 Å². The minimum atomic E-state index is -0.0527. The molecule has 1 atom stereocenters. The smallest absolute Gasteiger partial charge is 0.240 e. The average molecular weight is 315 g/mol. The van der Waals surface area contributed by atoms with Crippen LogP contribution in [0.1, 0.15) is 18.7 Å². The van der Waals surface area contributed by atoms with E-state index in [0.717, 1.165) is 30.5 Å². The second-order valence-electron chi connectivity index (χ2n) is 6.14. The Morgan fingerprint density at radius 3 is 2.87 bits per heavy atom. The number of rotatable bonds is 3. The molecule has 2 fully saturated rings. The van der Waals surface area contributed by atoms with Crippen molar-refractivity contribution in [2.75, 3.05) is 32.8 Å². The van der Waals surface area contributed by atoms with Crippen LogP contribution in [0, 0.1) is 0 Å². The zero-order valence-corrected chi connectivity index (χ0v) is 13.1. The van der Waals surface area contributed by atoms with Gasteiger partial charge in [-0.25, -0.2) is 4.98 Å². The molecule has 1 aromatic carbocycles. The first-order valence-electron chi connectivity index (χ1n) is 8.26. The molecule has 0 unspecified atom stereocenters. The fraction of sp³-hybridized carbons (Fsp3) is 0.529. The Hall–Kier alpha value is -1.92. The summed E-state index contributed by atoms with van der Waals surface area (Å²) in [4.78, 5) is 21.4. The minimum absolute atomic E-state index is 0.0527. The van der Waals surface area contributed by atoms with Crippen LogP contribution in [0.15, 0.2) is 28.7 Å². The molecular weight excluding hydrogens is 294 g/mol. The summed E-state index contributed by atoms with van der Waals surface area (Å²) in [5.74, 6) is 0.912. The number of aromatic nitrogens is 1. The van der Waals surface area contributed by atoms with Crippen LogP contribution >= 0.6 is 0 Å². The van der Waals surface area contributed by atoms with Crippen LogP contribution in [0.3, 0.4) is 0 Å². The van der Waals surface area contributed by atoms with Crippen molar-refractivity contribution in [1.29, 1.82) is 0 Å². The highest BCUT2D eigenvalue weighted by atomic mass is 16.5. The largest absolute Gasteiger partial charge is 0.439 e. The van der Waals surface area contributed by atoms with Gasteiger partial charge in [-0.05, 0) is 31.5 Å². The van der Waals surface area contributed by atoms with Gasteiger partial charge in [0, 0.05) is 13.1 Å². The third-order valence-electron chi connectivity index (χ3n) is 4.65. The fourth-order valence-corrected chi connectivity index (χ4v) is 3.45. The lowest BCUT2D eigenvalue weighted by molar-refractivity contribution is -0.140. The number of nitrogens with zero attached hydrogens (tertiary/aromatic N) is 3. The summed E-state index contributed by atoms with van der Waals surface area (Å²) in [6, 6.07) is 7.71. The number of hydrogen-bond acceptors (Lipinski definition) is 5. The number of benzene rings is 1. The molecule has 2 aliphatic heterocycles. The molecule has 0 radical (unpaired) electrons. The number of oxazole rings is 1. The van der Waals surface area contributed by atoms with E-state index in [1.165, 1.54) is 0 Å². The van der Waals surface area contributed by atoms with Crippen molar-refractivity contribution in [1.82, 2.24) is 14.8 Å². The van der Waals surface area contributed by atoms with Gasteiger partial charge in [0.25, 0.3) is 0 Å². The zero-order valence-electron chi connectivity index (χ0n) is 13.1. The number of para-hydroxylation sites is 2. The molecule has 0 saturated carbocycles. The SMILES string of the molecule is O=C([C@@H]1CCCN1Cc1nc2ccccc2o1)N1CCOCC1. The van der Waals surface area contributed by atoms with Crippen LogP contribution in [-0.2, 0) is 16.1 Å². The summed E-state index contributed by atoms with van der Waals surface area (Å²) in [7, 11) is 0. The molecule has 4 rings (SSSR count). The maximum absolute atomic E-state index is 12.8. The monoisotopic (exact) mass is 315 g/mol. The maximum Gasteiger partial charge on any atom is 0.240 e. The molecule has 1 aromatic heterocycles. The number of amides is 1. The molecule has 0 spiro atoms. The number of hydrogen-bond donors (Lipinski definition) is 0. The van der Waals surface area contributed by atoms with Crippen molar-refractivity contribution in [3.05, 3.63) is 30.2 Å². The molecule has 0 bridgehead atoms. The Kier molecular flexibility index (Phi) is 4.01. The van der Waals surface area contributed by atoms with E-state index in [1.807, 2.05) is 29.2 Å². The molecule has 6 heteroatoms. The molecule has 0 aliphatic carbocycles. The van der Waals surface area contributed by atoms with Crippen molar-refractivity contribution in [2.24, 2.45) is 0 Å². The van der Waals surface area contributed by atoms with E-state index in [0.29, 0.717) is 38.7 Å². The first-order valence-corrected chi connectivity index (χ1v) is 8.26. The molecule has 3 heterocycles. The zero-order chi connectivity index (χ0) is 15.6. The topological polar surface area (TPSA) is 58.8 Å². The highest BCUT2D eigenvalue weighted by Crippen LogP contribution is 2.23. The van der Waals surface area contributed by atoms with E-state index in [-0.39, 0.29) is 11.9 Å². The van der Waals surface area contributed by atoms with Gasteiger partial charge in [-0.3, -0.25) is 9.69 Å². The Balaban J connectivity index is 1.47. The first-order chi connectivity index (χ1) is 11.3. The maximum atomic E-state index is 12.8. The summed E-state index contributed by atoms with van der Waals surface area (Å²) >= 11 is 0. The van der Waals surface area contributed by atoms with Gasteiger partial charge < -0.3 is 14.1 Å². The standard InChI is InChI=1S/C17H21N3O3/c21-17(19-8-10-22-11-9-19)14-5-3-7-20(14)12-16-18-13-4-1-2-6-15(13)23-16/h1-2,4,6,14H,3,5,7-12H2/t14-/m0/s1. The van der Waals surface area contributed by atoms with Gasteiger partial charge in [0.2, 0.25) is 11.8 Å². The van der Waals surface area contributed by atoms with E-state index in [9.17, 15) is 4.79 Å². The third kappa shape index (κ3) is 2.96. The van der Waals surface area contributed by atoms with Gasteiger partial charge in [0.1, 0.15) is 5.52 Å². The number of carbonyl (C=O) groups is 1. The van der Waals surface area contributed by atoms with Gasteiger partial charge in [0.05, 0.1) is 25.8 Å². The molecule has 122 valence electrons. The molecule has 23 heavy (non-hydrogen) atoms. The Morgan fingerprint density at radius 1 is 1.22 bits per heavy atom. The predicted octanol–water partition coefficient (Wildman–Crippen LogP) is 1.65. The van der Waals surface area contributed by atoms with Crippen molar-refractivity contribution >= 4 is 17.0 Å². The Labute approximate surface area is 135 Å². The molecule has 2 saturated heterocycles. The number of morpholine rings is 1. The van der Waals surface area contributed by atoms with E-state index < -0.39 is 0 Å². The normalized spacial score (nSPS) is 22.8. The summed E-state index contributed by atoms with van der Waals surface area (Å²) in [5.41, 5.74) is 1.68. The fourth-order valence-electron chi connectivity index (χ4n) is 3.45. The van der Waals surface area contributed by atoms with E-state index in [1.54, 1.807) is 0 Å². The third-order valence-corrected chi connectivity index (χ3v) is 4.65. The molecule has 2 aliphatic rings. The van der Waals surface area contributed by atoms with Gasteiger partial charge in [-0.1, -0.05) is 12.1 Å². The van der Waals surface area contributed by atoms with E-state index in [4.69, 9.17) is 9.15 Å². The van der Waals surface area contributed by atoms with Crippen LogP contribution in [0.5, 0.6) is 0 Å². The second kappa shape index (κ2) is 6.29. The van der Waals surface area contributed by atoms with E-state index >= 15 is 0 Å². The summed E-state index contributed by atoms with van der Waals surface area (Å²) < 4.78 is 11.1. The van der Waals surface area contributed by atoms with Crippen molar-refractivity contribution < 1.29 is 13.9 Å². The number of carbonyl (C=O) groups excluding carboxylic acids is 1. The number of ether oxygens (including phenoxy) is 1. The molecule has 0 N–H and O–H groups in total. The van der Waals surface area contributed by atoms with Gasteiger partial charge in [0.15, 0.2) is 5.58 Å². The van der Waals surface area contributed by atoms with Crippen LogP contribution in [0.4, 0.5) is 0 Å². The van der Waals surface area contributed by atoms with Crippen molar-refractivity contribution in [2.45, 2.75) is 25.4 Å². The summed E-state index contributed by atoms with van der Waals surface area (Å²) in [6.45, 7) is 4.19. The lowest BCUT2D eigenvalue weighted by Gasteiger charge is -2.32. The lowest BCUT2D eigenvalue weighted by Crippen LogP contribution is -2.49. The van der Waals surface area contributed by atoms with Crippen molar-refractivity contribution in [3.8, 4) is 0 Å². The Morgan fingerprint density at radius 2 is 2.04 bits per heavy atom. The molecular formula is C17H21N3O3. The molecule has 1 amide bonds. The van der Waals surface area contributed by atoms with Crippen LogP contribution in [0.25, 0.3) is 11.1 Å². The minimum Gasteiger partial charge on any atom is -0.439 e. The number of likely N-dealkylation sites (tertiary alicyclic amines) is 1. The van der Waals surface area contributed by atoms with Gasteiger partial charge in [-0.15, -0.1) is 0 Å². The Bertz CT molecular complexity index is 660. The van der Waals surface area contributed by atoms with Gasteiger partial charge in [-0.2, -0.15) is 0 Å². The highest BCUT2D eigenvalue weighted by molar-refractivity contribution is 5.82. The van der Waals surface area contributed by atoms with Crippen molar-refractivity contribution in [3.63, 3.8) is 0 Å². The lowest BCUT2D eigenvalue weighted by atomic mass is 10.2. The number of fused-ring (bicyclic) bond motifs is 1. The summed E-state index contributed by atoms with van der Waals surface area (Å²) in [6.07, 6.45) is 1.96. The molecule has 2 aromatic rings. The van der Waals surface area contributed by atoms with Crippen LogP contribution in [-0.4, -0.2) is 59.6 Å². The molecule has 6 nitrogen and oxygen atoms in total. The first kappa shape index (κ1) is 14.7. The van der Waals surface area contributed by atoms with Crippen LogP contribution < -0.4 is 0 Å². The van der Waals surface area contributed by atoms with Crippen LogP contribution in [0.2, 0.25) is 0 Å². The highest BCUT2D eigenvalue weighted by Gasteiger charge is 2.34. The second-order valence-corrected chi connectivity index (χ2v) is 6.14. The quantitative estimate of drug-likeness (QED) is 0.862.